The van der Waals surface area contributed by atoms with Crippen LogP contribution in [0.1, 0.15) is 15.9 Å². The Kier molecular flexibility index (Phi) is 3.55. The van der Waals surface area contributed by atoms with Crippen LogP contribution in [0, 0.1) is 0 Å². The molecule has 0 aliphatic carbocycles. The maximum Gasteiger partial charge on any atom is 0.198 e. The van der Waals surface area contributed by atoms with Gasteiger partial charge in [0.15, 0.2) is 5.78 Å². The Bertz CT molecular complexity index is 1040. The van der Waals surface area contributed by atoms with Gasteiger partial charge in [0.05, 0.1) is 10.3 Å². The van der Waals surface area contributed by atoms with E-state index in [9.17, 15) is 9.90 Å². The van der Waals surface area contributed by atoms with Gasteiger partial charge in [0.1, 0.15) is 17.0 Å². The minimum absolute atomic E-state index is 0.0307. The highest BCUT2D eigenvalue weighted by Crippen LogP contribution is 2.30. The number of pyridine rings is 1. The molecule has 4 nitrogen and oxygen atoms in total. The number of nitrogens with zero attached hydrogens (tertiary/aromatic N) is 2. The lowest BCUT2D eigenvalue weighted by molar-refractivity contribution is 0.103. The molecule has 5 heteroatoms. The van der Waals surface area contributed by atoms with Crippen LogP contribution in [-0.4, -0.2) is 20.2 Å². The fourth-order valence-corrected chi connectivity index (χ4v) is 3.36. The van der Waals surface area contributed by atoms with Gasteiger partial charge in [-0.3, -0.25) is 9.78 Å². The summed E-state index contributed by atoms with van der Waals surface area (Å²) in [7, 11) is 0. The molecular formula is C19H12N2O2S. The van der Waals surface area contributed by atoms with Crippen molar-refractivity contribution in [3.05, 3.63) is 78.0 Å². The molecule has 0 saturated heterocycles. The number of ketones is 1. The van der Waals surface area contributed by atoms with Crippen LogP contribution in [0.25, 0.3) is 21.5 Å². The average molecular weight is 332 g/mol. The minimum Gasteiger partial charge on any atom is -0.507 e. The Morgan fingerprint density at radius 1 is 1.00 bits per heavy atom. The molecule has 0 atom stereocenters. The topological polar surface area (TPSA) is 63.1 Å². The van der Waals surface area contributed by atoms with Crippen molar-refractivity contribution in [1.82, 2.24) is 9.36 Å². The predicted molar refractivity (Wildman–Crippen MR) is 94.4 cm³/mol. The smallest absolute Gasteiger partial charge is 0.198 e. The molecule has 0 aliphatic rings. The minimum atomic E-state index is -0.253. The second-order valence-corrected chi connectivity index (χ2v) is 6.12. The first-order chi connectivity index (χ1) is 11.7. The Labute approximate surface area is 142 Å². The summed E-state index contributed by atoms with van der Waals surface area (Å²) in [6, 6.07) is 18.1. The molecule has 4 aromatic rings. The van der Waals surface area contributed by atoms with E-state index in [4.69, 9.17) is 0 Å². The number of carbonyl (C=O) groups is 1. The molecule has 0 radical (unpaired) electrons. The highest BCUT2D eigenvalue weighted by Gasteiger charge is 2.16. The van der Waals surface area contributed by atoms with Crippen molar-refractivity contribution >= 4 is 27.5 Å². The zero-order valence-corrected chi connectivity index (χ0v) is 13.3. The molecule has 2 aromatic heterocycles. The second kappa shape index (κ2) is 5.86. The zero-order chi connectivity index (χ0) is 16.5. The number of carbonyl (C=O) groups excluding carboxylic acids is 1. The van der Waals surface area contributed by atoms with Gasteiger partial charge in [-0.2, -0.15) is 4.37 Å². The van der Waals surface area contributed by atoms with Crippen LogP contribution in [0.5, 0.6) is 5.75 Å². The molecule has 0 fully saturated rings. The van der Waals surface area contributed by atoms with Gasteiger partial charge in [-0.1, -0.05) is 42.5 Å². The monoisotopic (exact) mass is 332 g/mol. The Balaban J connectivity index is 1.78. The molecule has 4 rings (SSSR count). The Morgan fingerprint density at radius 3 is 2.54 bits per heavy atom. The van der Waals surface area contributed by atoms with Crippen molar-refractivity contribution in [3.8, 4) is 17.0 Å². The number of hydrogen-bond acceptors (Lipinski definition) is 5. The van der Waals surface area contributed by atoms with E-state index in [2.05, 4.69) is 9.36 Å². The van der Waals surface area contributed by atoms with Gasteiger partial charge >= 0.3 is 0 Å². The van der Waals surface area contributed by atoms with Gasteiger partial charge in [0.25, 0.3) is 0 Å². The van der Waals surface area contributed by atoms with Crippen LogP contribution < -0.4 is 0 Å². The van der Waals surface area contributed by atoms with E-state index in [0.717, 1.165) is 21.5 Å². The summed E-state index contributed by atoms with van der Waals surface area (Å²) >= 11 is 1.31. The van der Waals surface area contributed by atoms with E-state index >= 15 is 0 Å². The first-order valence-corrected chi connectivity index (χ1v) is 8.15. The molecule has 0 spiro atoms. The first-order valence-electron chi connectivity index (χ1n) is 7.37. The quantitative estimate of drug-likeness (QED) is 0.568. The van der Waals surface area contributed by atoms with Crippen LogP contribution in [0.4, 0.5) is 0 Å². The number of rotatable bonds is 3. The Morgan fingerprint density at radius 2 is 1.75 bits per heavy atom. The number of phenols is 1. The normalized spacial score (nSPS) is 10.8. The maximum atomic E-state index is 12.6. The van der Waals surface area contributed by atoms with E-state index in [1.165, 1.54) is 23.8 Å². The number of benzene rings is 2. The van der Waals surface area contributed by atoms with Crippen LogP contribution in [0.2, 0.25) is 0 Å². The van der Waals surface area contributed by atoms with Crippen molar-refractivity contribution in [3.63, 3.8) is 0 Å². The molecule has 0 amide bonds. The molecule has 1 N–H and O–H groups in total. The molecule has 2 aromatic carbocycles. The van der Waals surface area contributed by atoms with Gasteiger partial charge in [-0.15, -0.1) is 0 Å². The lowest BCUT2D eigenvalue weighted by atomic mass is 10.0. The number of para-hydroxylation sites is 1. The third-order valence-corrected chi connectivity index (χ3v) is 4.55. The number of fused-ring (bicyclic) bond motifs is 1. The van der Waals surface area contributed by atoms with Gasteiger partial charge in [0, 0.05) is 17.3 Å². The first kappa shape index (κ1) is 14.5. The van der Waals surface area contributed by atoms with Crippen LogP contribution >= 0.6 is 11.5 Å². The number of hydrogen-bond donors (Lipinski definition) is 1. The fourth-order valence-electron chi connectivity index (χ4n) is 2.56. The molecule has 2 heterocycles. The summed E-state index contributed by atoms with van der Waals surface area (Å²) in [4.78, 5) is 17.0. The van der Waals surface area contributed by atoms with E-state index in [1.54, 1.807) is 24.3 Å². The number of phenolic OH excluding ortho intramolecular Hbond substituents is 1. The molecule has 116 valence electrons. The lowest BCUT2D eigenvalue weighted by Gasteiger charge is -2.03. The van der Waals surface area contributed by atoms with Gasteiger partial charge in [-0.25, -0.2) is 0 Å². The van der Waals surface area contributed by atoms with Crippen LogP contribution in [-0.2, 0) is 0 Å². The summed E-state index contributed by atoms with van der Waals surface area (Å²) < 4.78 is 5.32. The number of aromatic hydroxyl groups is 1. The van der Waals surface area contributed by atoms with Crippen LogP contribution in [0.15, 0.2) is 66.9 Å². The standard InChI is InChI=1S/C19H12N2O2S/c22-15-9-5-4-8-14(15)19(23)13-10-16-18(20-11-13)17(21-24-16)12-6-2-1-3-7-12/h1-11,22H. The van der Waals surface area contributed by atoms with Gasteiger partial charge < -0.3 is 5.11 Å². The maximum absolute atomic E-state index is 12.6. The Hall–Kier alpha value is -3.05. The van der Waals surface area contributed by atoms with E-state index in [1.807, 2.05) is 30.3 Å². The summed E-state index contributed by atoms with van der Waals surface area (Å²) in [6.07, 6.45) is 1.54. The summed E-state index contributed by atoms with van der Waals surface area (Å²) in [5, 5.41) is 9.86. The molecule has 24 heavy (non-hydrogen) atoms. The molecule has 0 bridgehead atoms. The fraction of sp³-hybridized carbons (Fsp3) is 0. The summed E-state index contributed by atoms with van der Waals surface area (Å²) in [6.45, 7) is 0. The van der Waals surface area contributed by atoms with E-state index in [-0.39, 0.29) is 17.1 Å². The average Bonchev–Trinajstić information content (AvgIpc) is 3.05. The van der Waals surface area contributed by atoms with Crippen molar-refractivity contribution < 1.29 is 9.90 Å². The van der Waals surface area contributed by atoms with E-state index < -0.39 is 0 Å². The highest BCUT2D eigenvalue weighted by molar-refractivity contribution is 7.13. The third kappa shape index (κ3) is 2.45. The van der Waals surface area contributed by atoms with Crippen LogP contribution in [0.3, 0.4) is 0 Å². The van der Waals surface area contributed by atoms with Gasteiger partial charge in [0.2, 0.25) is 0 Å². The second-order valence-electron chi connectivity index (χ2n) is 5.31. The van der Waals surface area contributed by atoms with E-state index in [0.29, 0.717) is 5.56 Å². The SMILES string of the molecule is O=C(c1cnc2c(-c3ccccc3)nsc2c1)c1ccccc1O. The molecular weight excluding hydrogens is 320 g/mol. The predicted octanol–water partition coefficient (Wildman–Crippen LogP) is 4.29. The lowest BCUT2D eigenvalue weighted by Crippen LogP contribution is -2.02. The number of aromatic nitrogens is 2. The largest absolute Gasteiger partial charge is 0.507 e. The highest BCUT2D eigenvalue weighted by atomic mass is 32.1. The van der Waals surface area contributed by atoms with Crippen molar-refractivity contribution in [1.29, 1.82) is 0 Å². The van der Waals surface area contributed by atoms with Crippen molar-refractivity contribution in [2.24, 2.45) is 0 Å². The molecule has 0 aliphatic heterocycles. The third-order valence-electron chi connectivity index (χ3n) is 3.77. The van der Waals surface area contributed by atoms with Crippen molar-refractivity contribution in [2.45, 2.75) is 0 Å². The summed E-state index contributed by atoms with van der Waals surface area (Å²) in [5.74, 6) is -0.283. The molecule has 0 unspecified atom stereocenters. The van der Waals surface area contributed by atoms with Gasteiger partial charge in [-0.05, 0) is 29.7 Å². The van der Waals surface area contributed by atoms with Crippen molar-refractivity contribution in [2.75, 3.05) is 0 Å². The zero-order valence-electron chi connectivity index (χ0n) is 12.5. The summed E-state index contributed by atoms with van der Waals surface area (Å²) in [5.41, 5.74) is 3.30. The molecule has 0 saturated carbocycles.